The van der Waals surface area contributed by atoms with Gasteiger partial charge in [0.25, 0.3) is 0 Å². The van der Waals surface area contributed by atoms with Crippen LogP contribution in [0.2, 0.25) is 5.02 Å². The molecule has 118 valence electrons. The third-order valence-corrected chi connectivity index (χ3v) is 4.11. The van der Waals surface area contributed by atoms with Crippen LogP contribution in [0.15, 0.2) is 36.4 Å². The van der Waals surface area contributed by atoms with E-state index in [2.05, 4.69) is 24.0 Å². The van der Waals surface area contributed by atoms with E-state index >= 15 is 0 Å². The van der Waals surface area contributed by atoms with Crippen molar-refractivity contribution < 1.29 is 9.53 Å². The van der Waals surface area contributed by atoms with Crippen LogP contribution in [0.5, 0.6) is 0 Å². The number of esters is 1. The van der Waals surface area contributed by atoms with E-state index in [9.17, 15) is 4.79 Å². The Morgan fingerprint density at radius 1 is 1.17 bits per heavy atom. The highest BCUT2D eigenvalue weighted by Gasteiger charge is 2.21. The van der Waals surface area contributed by atoms with Crippen LogP contribution in [-0.2, 0) is 4.74 Å². The van der Waals surface area contributed by atoms with Crippen LogP contribution < -0.4 is 0 Å². The molecule has 2 aromatic carbocycles. The number of aromatic nitrogens is 1. The van der Waals surface area contributed by atoms with E-state index < -0.39 is 0 Å². The number of benzene rings is 2. The van der Waals surface area contributed by atoms with Gasteiger partial charge in [-0.2, -0.15) is 0 Å². The maximum Gasteiger partial charge on any atom is 0.355 e. The van der Waals surface area contributed by atoms with Crippen molar-refractivity contribution in [2.75, 3.05) is 6.61 Å². The largest absolute Gasteiger partial charge is 0.461 e. The van der Waals surface area contributed by atoms with Gasteiger partial charge in [0.2, 0.25) is 0 Å². The van der Waals surface area contributed by atoms with Gasteiger partial charge in [0.1, 0.15) is 5.69 Å². The lowest BCUT2D eigenvalue weighted by atomic mass is 9.99. The van der Waals surface area contributed by atoms with Gasteiger partial charge < -0.3 is 9.72 Å². The Morgan fingerprint density at radius 2 is 1.87 bits per heavy atom. The molecule has 3 nitrogen and oxygen atoms in total. The van der Waals surface area contributed by atoms with Gasteiger partial charge in [-0.3, -0.25) is 0 Å². The Morgan fingerprint density at radius 3 is 2.52 bits per heavy atom. The molecule has 1 heterocycles. The van der Waals surface area contributed by atoms with Crippen molar-refractivity contribution in [2.45, 2.75) is 20.8 Å². The SMILES string of the molecule is CCOC(=O)c1[nH]c2c(C)cc(C)cc2c1-c1ccc(Cl)cc1. The topological polar surface area (TPSA) is 42.1 Å². The van der Waals surface area contributed by atoms with Gasteiger partial charge >= 0.3 is 5.97 Å². The number of hydrogen-bond acceptors (Lipinski definition) is 2. The lowest BCUT2D eigenvalue weighted by molar-refractivity contribution is 0.0521. The average molecular weight is 328 g/mol. The summed E-state index contributed by atoms with van der Waals surface area (Å²) in [5, 5.41) is 1.69. The number of aromatic amines is 1. The van der Waals surface area contributed by atoms with Gasteiger partial charge in [-0.05, 0) is 50.1 Å². The second-order valence-electron chi connectivity index (χ2n) is 5.61. The third kappa shape index (κ3) is 2.84. The summed E-state index contributed by atoms with van der Waals surface area (Å²) in [4.78, 5) is 15.6. The molecule has 0 saturated heterocycles. The van der Waals surface area contributed by atoms with Crippen molar-refractivity contribution in [2.24, 2.45) is 0 Å². The molecule has 23 heavy (non-hydrogen) atoms. The molecule has 3 aromatic rings. The molecule has 3 rings (SSSR count). The number of H-pyrrole nitrogens is 1. The lowest BCUT2D eigenvalue weighted by Crippen LogP contribution is -2.06. The van der Waals surface area contributed by atoms with Crippen molar-refractivity contribution in [3.05, 3.63) is 58.2 Å². The zero-order valence-corrected chi connectivity index (χ0v) is 14.1. The van der Waals surface area contributed by atoms with Crippen LogP contribution in [0, 0.1) is 13.8 Å². The van der Waals surface area contributed by atoms with Crippen LogP contribution in [-0.4, -0.2) is 17.6 Å². The predicted octanol–water partition coefficient (Wildman–Crippen LogP) is 5.28. The highest BCUT2D eigenvalue weighted by atomic mass is 35.5. The number of carbonyl (C=O) groups is 1. The van der Waals surface area contributed by atoms with Gasteiger partial charge in [-0.15, -0.1) is 0 Å². The Labute approximate surface area is 140 Å². The molecule has 4 heteroatoms. The van der Waals surface area contributed by atoms with Gasteiger partial charge in [-0.25, -0.2) is 4.79 Å². The fourth-order valence-electron chi connectivity index (χ4n) is 2.93. The summed E-state index contributed by atoms with van der Waals surface area (Å²) in [7, 11) is 0. The van der Waals surface area contributed by atoms with Crippen LogP contribution in [0.4, 0.5) is 0 Å². The first-order valence-corrected chi connectivity index (χ1v) is 7.95. The van der Waals surface area contributed by atoms with Crippen LogP contribution in [0.3, 0.4) is 0 Å². The van der Waals surface area contributed by atoms with Gasteiger partial charge in [0.15, 0.2) is 0 Å². The Hall–Kier alpha value is -2.26. The van der Waals surface area contributed by atoms with Crippen LogP contribution >= 0.6 is 11.6 Å². The van der Waals surface area contributed by atoms with Crippen LogP contribution in [0.1, 0.15) is 28.5 Å². The zero-order chi connectivity index (χ0) is 16.6. The number of rotatable bonds is 3. The van der Waals surface area contributed by atoms with E-state index in [0.717, 1.165) is 33.2 Å². The van der Waals surface area contributed by atoms with Crippen molar-refractivity contribution in [1.29, 1.82) is 0 Å². The first kappa shape index (κ1) is 15.6. The summed E-state index contributed by atoms with van der Waals surface area (Å²) in [6, 6.07) is 11.7. The minimum atomic E-state index is -0.342. The van der Waals surface area contributed by atoms with Gasteiger partial charge in [-0.1, -0.05) is 35.4 Å². The molecule has 0 aliphatic carbocycles. The summed E-state index contributed by atoms with van der Waals surface area (Å²) in [5.74, 6) is -0.342. The molecule has 0 aliphatic rings. The van der Waals surface area contributed by atoms with Crippen molar-refractivity contribution >= 4 is 28.5 Å². The van der Waals surface area contributed by atoms with E-state index in [-0.39, 0.29) is 5.97 Å². The molecular formula is C19H18ClNO2. The van der Waals surface area contributed by atoms with E-state index in [1.807, 2.05) is 31.2 Å². The highest BCUT2D eigenvalue weighted by molar-refractivity contribution is 6.30. The maximum absolute atomic E-state index is 12.4. The molecule has 1 aromatic heterocycles. The normalized spacial score (nSPS) is 11.0. The minimum Gasteiger partial charge on any atom is -0.461 e. The smallest absolute Gasteiger partial charge is 0.355 e. The molecule has 0 fully saturated rings. The van der Waals surface area contributed by atoms with Gasteiger partial charge in [0.05, 0.1) is 6.61 Å². The Balaban J connectivity index is 2.33. The first-order valence-electron chi connectivity index (χ1n) is 7.57. The second kappa shape index (κ2) is 6.09. The number of ether oxygens (including phenoxy) is 1. The van der Waals surface area contributed by atoms with Crippen LogP contribution in [0.25, 0.3) is 22.0 Å². The van der Waals surface area contributed by atoms with Gasteiger partial charge in [0, 0.05) is 21.5 Å². The Bertz CT molecular complexity index is 879. The molecule has 0 saturated carbocycles. The minimum absolute atomic E-state index is 0.340. The number of nitrogens with one attached hydrogen (secondary N) is 1. The lowest BCUT2D eigenvalue weighted by Gasteiger charge is -2.06. The summed E-state index contributed by atoms with van der Waals surface area (Å²) in [6.45, 7) is 6.23. The quantitative estimate of drug-likeness (QED) is 0.665. The molecule has 0 unspecified atom stereocenters. The summed E-state index contributed by atoms with van der Waals surface area (Å²) in [5.41, 5.74) is 5.50. The second-order valence-corrected chi connectivity index (χ2v) is 6.04. The van der Waals surface area contributed by atoms with E-state index in [0.29, 0.717) is 17.3 Å². The van der Waals surface area contributed by atoms with E-state index in [1.165, 1.54) is 0 Å². The Kier molecular flexibility index (Phi) is 4.14. The summed E-state index contributed by atoms with van der Waals surface area (Å²) < 4.78 is 5.22. The molecular weight excluding hydrogens is 310 g/mol. The molecule has 0 aliphatic heterocycles. The van der Waals surface area contributed by atoms with Crippen molar-refractivity contribution in [3.63, 3.8) is 0 Å². The highest BCUT2D eigenvalue weighted by Crippen LogP contribution is 2.35. The maximum atomic E-state index is 12.4. The number of halogens is 1. The number of aryl methyl sites for hydroxylation is 2. The molecule has 0 spiro atoms. The number of carbonyl (C=O) groups excluding carboxylic acids is 1. The molecule has 1 N–H and O–H groups in total. The molecule has 0 amide bonds. The standard InChI is InChI=1S/C19H18ClNO2/c1-4-23-19(22)18-16(13-5-7-14(20)8-6-13)15-10-11(2)9-12(3)17(15)21-18/h5-10,21H,4H2,1-3H3. The third-order valence-electron chi connectivity index (χ3n) is 3.86. The molecule has 0 atom stereocenters. The number of fused-ring (bicyclic) bond motifs is 1. The fraction of sp³-hybridized carbons (Fsp3) is 0.211. The monoisotopic (exact) mass is 327 g/mol. The summed E-state index contributed by atoms with van der Waals surface area (Å²) >= 11 is 5.99. The molecule has 0 radical (unpaired) electrons. The summed E-state index contributed by atoms with van der Waals surface area (Å²) in [6.07, 6.45) is 0. The number of hydrogen-bond donors (Lipinski definition) is 1. The first-order chi connectivity index (χ1) is 11.0. The zero-order valence-electron chi connectivity index (χ0n) is 13.4. The molecule has 0 bridgehead atoms. The predicted molar refractivity (Wildman–Crippen MR) is 94.2 cm³/mol. The average Bonchev–Trinajstić information content (AvgIpc) is 2.88. The van der Waals surface area contributed by atoms with E-state index in [4.69, 9.17) is 16.3 Å². The van der Waals surface area contributed by atoms with E-state index in [1.54, 1.807) is 6.92 Å². The van der Waals surface area contributed by atoms with Crippen molar-refractivity contribution in [1.82, 2.24) is 4.98 Å². The van der Waals surface area contributed by atoms with Crippen molar-refractivity contribution in [3.8, 4) is 11.1 Å². The fourth-order valence-corrected chi connectivity index (χ4v) is 3.05.